The molecule has 1 aliphatic heterocycles. The molecular weight excluding hydrogens is 282 g/mol. The molecule has 1 heterocycles. The van der Waals surface area contributed by atoms with Crippen molar-refractivity contribution in [2.75, 3.05) is 24.5 Å². The van der Waals surface area contributed by atoms with E-state index in [0.717, 1.165) is 28.8 Å². The van der Waals surface area contributed by atoms with E-state index in [1.165, 1.54) is 0 Å². The molecule has 0 radical (unpaired) electrons. The first-order valence-electron chi connectivity index (χ1n) is 5.71. The van der Waals surface area contributed by atoms with Crippen LogP contribution >= 0.6 is 15.9 Å². The van der Waals surface area contributed by atoms with Gasteiger partial charge in [0.25, 0.3) is 0 Å². The summed E-state index contributed by atoms with van der Waals surface area (Å²) in [4.78, 5) is 13.5. The summed E-state index contributed by atoms with van der Waals surface area (Å²) in [6, 6.07) is 6.09. The van der Waals surface area contributed by atoms with Crippen LogP contribution in [0.15, 0.2) is 22.7 Å². The molecule has 0 unspecified atom stereocenters. The van der Waals surface area contributed by atoms with Gasteiger partial charge in [-0.05, 0) is 17.7 Å². The van der Waals surface area contributed by atoms with Gasteiger partial charge in [0.15, 0.2) is 0 Å². The molecule has 17 heavy (non-hydrogen) atoms. The fourth-order valence-electron chi connectivity index (χ4n) is 2.01. The van der Waals surface area contributed by atoms with Crippen LogP contribution in [0.4, 0.5) is 5.69 Å². The van der Waals surface area contributed by atoms with E-state index in [9.17, 15) is 4.79 Å². The molecule has 0 aromatic heterocycles. The zero-order valence-corrected chi connectivity index (χ0v) is 11.2. The number of hydrogen-bond acceptors (Lipinski definition) is 3. The third-order valence-corrected chi connectivity index (χ3v) is 3.41. The number of nitrogens with zero attached hydrogens (tertiary/aromatic N) is 1. The number of hydrogen-bond donors (Lipinski definition) is 2. The van der Waals surface area contributed by atoms with Crippen LogP contribution in [-0.2, 0) is 11.3 Å². The number of benzene rings is 1. The van der Waals surface area contributed by atoms with Gasteiger partial charge in [-0.3, -0.25) is 4.79 Å². The summed E-state index contributed by atoms with van der Waals surface area (Å²) < 4.78 is 1.04. The number of carbonyl (C=O) groups excluding carboxylic acids is 1. The Morgan fingerprint density at radius 1 is 1.41 bits per heavy atom. The van der Waals surface area contributed by atoms with Gasteiger partial charge in [-0.15, -0.1) is 0 Å². The second kappa shape index (κ2) is 5.51. The number of halogens is 1. The lowest BCUT2D eigenvalue weighted by atomic mass is 10.1. The Kier molecular flexibility index (Phi) is 4.02. The molecule has 2 rings (SSSR count). The molecule has 1 aliphatic rings. The minimum absolute atomic E-state index is 0.122. The number of amides is 1. The molecule has 0 saturated carbocycles. The van der Waals surface area contributed by atoms with E-state index in [0.29, 0.717) is 19.5 Å². The van der Waals surface area contributed by atoms with Crippen molar-refractivity contribution in [2.45, 2.75) is 13.0 Å². The normalized spacial score (nSPS) is 16.6. The molecule has 0 bridgehead atoms. The van der Waals surface area contributed by atoms with E-state index in [-0.39, 0.29) is 5.91 Å². The topological polar surface area (TPSA) is 58.4 Å². The van der Waals surface area contributed by atoms with Crippen molar-refractivity contribution >= 4 is 27.5 Å². The van der Waals surface area contributed by atoms with Gasteiger partial charge in [0.2, 0.25) is 5.91 Å². The summed E-state index contributed by atoms with van der Waals surface area (Å²) in [7, 11) is 0. The summed E-state index contributed by atoms with van der Waals surface area (Å²) in [5.41, 5.74) is 7.99. The molecule has 0 atom stereocenters. The van der Waals surface area contributed by atoms with E-state index in [4.69, 9.17) is 5.73 Å². The van der Waals surface area contributed by atoms with Crippen LogP contribution in [0, 0.1) is 0 Å². The molecule has 1 aromatic rings. The molecule has 0 spiro atoms. The van der Waals surface area contributed by atoms with E-state index >= 15 is 0 Å². The van der Waals surface area contributed by atoms with Crippen LogP contribution in [0.2, 0.25) is 0 Å². The van der Waals surface area contributed by atoms with Crippen LogP contribution in [0.3, 0.4) is 0 Å². The van der Waals surface area contributed by atoms with Crippen molar-refractivity contribution in [3.63, 3.8) is 0 Å². The second-order valence-electron chi connectivity index (χ2n) is 4.06. The number of carbonyl (C=O) groups is 1. The Balaban J connectivity index is 2.25. The first-order valence-corrected chi connectivity index (χ1v) is 6.50. The van der Waals surface area contributed by atoms with Crippen molar-refractivity contribution < 1.29 is 4.79 Å². The number of anilines is 1. The highest BCUT2D eigenvalue weighted by Crippen LogP contribution is 2.25. The van der Waals surface area contributed by atoms with E-state index < -0.39 is 0 Å². The Labute approximate surface area is 109 Å². The van der Waals surface area contributed by atoms with Gasteiger partial charge in [-0.1, -0.05) is 22.0 Å². The minimum Gasteiger partial charge on any atom is -0.369 e. The van der Waals surface area contributed by atoms with Crippen molar-refractivity contribution in [1.82, 2.24) is 5.32 Å². The highest BCUT2D eigenvalue weighted by atomic mass is 79.9. The summed E-state index contributed by atoms with van der Waals surface area (Å²) in [6.45, 7) is 2.78. The Morgan fingerprint density at radius 2 is 2.24 bits per heavy atom. The molecule has 4 nitrogen and oxygen atoms in total. The largest absolute Gasteiger partial charge is 0.369 e. The summed E-state index contributed by atoms with van der Waals surface area (Å²) >= 11 is 3.47. The number of nitrogens with one attached hydrogen (secondary N) is 1. The standard InChI is InChI=1S/C12H16BrN3O/c13-10-2-1-9(8-14)11(7-10)16-5-3-12(17)15-4-6-16/h1-2,7H,3-6,8,14H2,(H,15,17). The summed E-state index contributed by atoms with van der Waals surface area (Å²) in [6.07, 6.45) is 0.538. The third kappa shape index (κ3) is 2.98. The zero-order valence-electron chi connectivity index (χ0n) is 9.58. The van der Waals surface area contributed by atoms with Crippen LogP contribution in [0.25, 0.3) is 0 Å². The maximum absolute atomic E-state index is 11.3. The average molecular weight is 298 g/mol. The fourth-order valence-corrected chi connectivity index (χ4v) is 2.36. The Morgan fingerprint density at radius 3 is 3.00 bits per heavy atom. The predicted octanol–water partition coefficient (Wildman–Crippen LogP) is 1.23. The fraction of sp³-hybridized carbons (Fsp3) is 0.417. The second-order valence-corrected chi connectivity index (χ2v) is 4.98. The van der Waals surface area contributed by atoms with Crippen molar-refractivity contribution in [3.05, 3.63) is 28.2 Å². The SMILES string of the molecule is NCc1ccc(Br)cc1N1CCNC(=O)CC1. The molecule has 1 amide bonds. The minimum atomic E-state index is 0.122. The van der Waals surface area contributed by atoms with E-state index in [1.807, 2.05) is 12.1 Å². The van der Waals surface area contributed by atoms with Gasteiger partial charge >= 0.3 is 0 Å². The van der Waals surface area contributed by atoms with E-state index in [2.05, 4.69) is 32.2 Å². The molecule has 92 valence electrons. The highest BCUT2D eigenvalue weighted by molar-refractivity contribution is 9.10. The average Bonchev–Trinajstić information content (AvgIpc) is 2.54. The zero-order chi connectivity index (χ0) is 12.3. The molecule has 3 N–H and O–H groups in total. The number of nitrogens with two attached hydrogens (primary N) is 1. The molecule has 1 fully saturated rings. The van der Waals surface area contributed by atoms with Gasteiger partial charge in [-0.25, -0.2) is 0 Å². The monoisotopic (exact) mass is 297 g/mol. The quantitative estimate of drug-likeness (QED) is 0.863. The molecular formula is C12H16BrN3O. The van der Waals surface area contributed by atoms with Gasteiger partial charge in [0.05, 0.1) is 0 Å². The van der Waals surface area contributed by atoms with Gasteiger partial charge in [-0.2, -0.15) is 0 Å². The van der Waals surface area contributed by atoms with E-state index in [1.54, 1.807) is 0 Å². The maximum atomic E-state index is 11.3. The van der Waals surface area contributed by atoms with Crippen LogP contribution in [-0.4, -0.2) is 25.5 Å². The third-order valence-electron chi connectivity index (χ3n) is 2.92. The lowest BCUT2D eigenvalue weighted by Crippen LogP contribution is -2.29. The Bertz CT molecular complexity index is 422. The molecule has 0 aliphatic carbocycles. The number of rotatable bonds is 2. The van der Waals surface area contributed by atoms with Crippen molar-refractivity contribution in [1.29, 1.82) is 0 Å². The Hall–Kier alpha value is -1.07. The van der Waals surface area contributed by atoms with Crippen molar-refractivity contribution in [2.24, 2.45) is 5.73 Å². The van der Waals surface area contributed by atoms with Crippen LogP contribution < -0.4 is 16.0 Å². The van der Waals surface area contributed by atoms with Gasteiger partial charge in [0, 0.05) is 42.8 Å². The first kappa shape index (κ1) is 12.4. The molecule has 1 aromatic carbocycles. The van der Waals surface area contributed by atoms with Gasteiger partial charge in [0.1, 0.15) is 0 Å². The first-order chi connectivity index (χ1) is 8.20. The molecule has 5 heteroatoms. The van der Waals surface area contributed by atoms with Gasteiger partial charge < -0.3 is 16.0 Å². The lowest BCUT2D eigenvalue weighted by molar-refractivity contribution is -0.120. The van der Waals surface area contributed by atoms with Crippen LogP contribution in [0.5, 0.6) is 0 Å². The summed E-state index contributed by atoms with van der Waals surface area (Å²) in [5, 5.41) is 2.87. The molecule has 1 saturated heterocycles. The lowest BCUT2D eigenvalue weighted by Gasteiger charge is -2.24. The smallest absolute Gasteiger partial charge is 0.221 e. The highest BCUT2D eigenvalue weighted by Gasteiger charge is 2.16. The van der Waals surface area contributed by atoms with Crippen molar-refractivity contribution in [3.8, 4) is 0 Å². The maximum Gasteiger partial charge on any atom is 0.221 e. The summed E-state index contributed by atoms with van der Waals surface area (Å²) in [5.74, 6) is 0.122. The predicted molar refractivity (Wildman–Crippen MR) is 71.9 cm³/mol. The van der Waals surface area contributed by atoms with Crippen LogP contribution in [0.1, 0.15) is 12.0 Å².